The fourth-order valence-corrected chi connectivity index (χ4v) is 2.57. The average molecular weight is 332 g/mol. The van der Waals surface area contributed by atoms with Crippen LogP contribution in [0.15, 0.2) is 30.3 Å². The number of hydrogen-bond acceptors (Lipinski definition) is 3. The zero-order valence-electron chi connectivity index (χ0n) is 12.8. The maximum atomic E-state index is 14.6. The second-order valence-electron chi connectivity index (χ2n) is 5.00. The molecular weight excluding hydrogens is 317 g/mol. The van der Waals surface area contributed by atoms with Crippen molar-refractivity contribution >= 4 is 17.4 Å². The van der Waals surface area contributed by atoms with E-state index in [4.69, 9.17) is 21.6 Å². The lowest BCUT2D eigenvalue weighted by Crippen LogP contribution is -2.08. The van der Waals surface area contributed by atoms with E-state index in [1.165, 1.54) is 31.4 Å². The summed E-state index contributed by atoms with van der Waals surface area (Å²) in [4.78, 5) is 12.6. The maximum Gasteiger partial charge on any atom is 0.197 e. The van der Waals surface area contributed by atoms with Crippen LogP contribution in [0.4, 0.5) is 4.39 Å². The molecule has 2 aromatic rings. The highest BCUT2D eigenvalue weighted by molar-refractivity contribution is 6.35. The van der Waals surface area contributed by atoms with Crippen molar-refractivity contribution in [3.63, 3.8) is 0 Å². The molecule has 3 nitrogen and oxygen atoms in total. The fraction of sp³-hybridized carbons (Fsp3) is 0.222. The van der Waals surface area contributed by atoms with E-state index in [0.717, 1.165) is 6.42 Å². The summed E-state index contributed by atoms with van der Waals surface area (Å²) in [5.41, 5.74) is 0.830. The van der Waals surface area contributed by atoms with Crippen LogP contribution in [0.1, 0.15) is 40.4 Å². The topological polar surface area (TPSA) is 50.1 Å². The van der Waals surface area contributed by atoms with Crippen LogP contribution in [-0.4, -0.2) is 12.9 Å². The molecule has 5 heteroatoms. The van der Waals surface area contributed by atoms with Gasteiger partial charge in [-0.1, -0.05) is 31.0 Å². The number of rotatable bonds is 5. The third-order valence-corrected chi connectivity index (χ3v) is 3.82. The Hall–Kier alpha value is -2.38. The van der Waals surface area contributed by atoms with Gasteiger partial charge in [0.15, 0.2) is 5.78 Å². The minimum Gasteiger partial charge on any atom is -0.495 e. The lowest BCUT2D eigenvalue weighted by Gasteiger charge is -2.10. The molecule has 0 unspecified atom stereocenters. The van der Waals surface area contributed by atoms with Crippen molar-refractivity contribution in [1.82, 2.24) is 0 Å². The molecule has 0 bridgehead atoms. The van der Waals surface area contributed by atoms with Gasteiger partial charge in [0, 0.05) is 5.56 Å². The number of hydrogen-bond donors (Lipinski definition) is 0. The number of halogens is 2. The average Bonchev–Trinajstić information content (AvgIpc) is 2.56. The third kappa shape index (κ3) is 3.35. The molecule has 0 aromatic heterocycles. The van der Waals surface area contributed by atoms with Crippen molar-refractivity contribution in [2.24, 2.45) is 0 Å². The van der Waals surface area contributed by atoms with Crippen molar-refractivity contribution in [3.8, 4) is 11.8 Å². The van der Waals surface area contributed by atoms with E-state index in [-0.39, 0.29) is 21.9 Å². The molecule has 0 heterocycles. The number of ketones is 1. The fourth-order valence-electron chi connectivity index (χ4n) is 2.34. The lowest BCUT2D eigenvalue weighted by molar-refractivity contribution is 0.103. The molecule has 2 aromatic carbocycles. The van der Waals surface area contributed by atoms with E-state index in [9.17, 15) is 9.18 Å². The molecule has 0 radical (unpaired) electrons. The van der Waals surface area contributed by atoms with Crippen LogP contribution in [0.3, 0.4) is 0 Å². The molecule has 118 valence electrons. The summed E-state index contributed by atoms with van der Waals surface area (Å²) in [7, 11) is 1.40. The van der Waals surface area contributed by atoms with Crippen LogP contribution >= 0.6 is 11.6 Å². The van der Waals surface area contributed by atoms with Gasteiger partial charge in [0.25, 0.3) is 0 Å². The molecule has 0 atom stereocenters. The van der Waals surface area contributed by atoms with Gasteiger partial charge in [0.05, 0.1) is 23.3 Å². The summed E-state index contributed by atoms with van der Waals surface area (Å²) in [6.45, 7) is 1.93. The highest BCUT2D eigenvalue weighted by atomic mass is 35.5. The van der Waals surface area contributed by atoms with Gasteiger partial charge in [-0.3, -0.25) is 4.79 Å². The molecule has 0 saturated carbocycles. The molecule has 23 heavy (non-hydrogen) atoms. The first kappa shape index (κ1) is 17.0. The Labute approximate surface area is 139 Å². The number of nitrogens with zero attached hydrogens (tertiary/aromatic N) is 1. The Bertz CT molecular complexity index is 796. The van der Waals surface area contributed by atoms with E-state index in [1.54, 1.807) is 6.07 Å². The van der Waals surface area contributed by atoms with Gasteiger partial charge in [0.2, 0.25) is 0 Å². The second-order valence-corrected chi connectivity index (χ2v) is 5.41. The zero-order valence-corrected chi connectivity index (χ0v) is 13.6. The van der Waals surface area contributed by atoms with Crippen molar-refractivity contribution in [2.75, 3.05) is 7.11 Å². The highest BCUT2D eigenvalue weighted by Gasteiger charge is 2.21. The Morgan fingerprint density at radius 3 is 2.70 bits per heavy atom. The Balaban J connectivity index is 2.53. The standard InChI is InChI=1S/C18H15ClFNO2/c1-3-4-11-7-8-14(19)16(17(11)20)18(22)12-5-6-13(10-21)15(9-12)23-2/h5-9H,3-4H2,1-2H3. The van der Waals surface area contributed by atoms with Crippen LogP contribution in [0.5, 0.6) is 5.75 Å². The number of carbonyl (C=O) groups excluding carboxylic acids is 1. The number of nitriles is 1. The van der Waals surface area contributed by atoms with E-state index in [0.29, 0.717) is 17.5 Å². The summed E-state index contributed by atoms with van der Waals surface area (Å²) in [6.07, 6.45) is 1.29. The predicted molar refractivity (Wildman–Crippen MR) is 86.5 cm³/mol. The molecule has 0 saturated heterocycles. The second kappa shape index (κ2) is 7.26. The molecule has 0 aliphatic rings. The number of methoxy groups -OCH3 is 1. The minimum atomic E-state index is -0.590. The van der Waals surface area contributed by atoms with Crippen LogP contribution in [0.25, 0.3) is 0 Å². The lowest BCUT2D eigenvalue weighted by atomic mass is 9.97. The van der Waals surface area contributed by atoms with Crippen molar-refractivity contribution in [3.05, 3.63) is 63.4 Å². The summed E-state index contributed by atoms with van der Waals surface area (Å²) in [6, 6.07) is 9.44. The smallest absolute Gasteiger partial charge is 0.197 e. The van der Waals surface area contributed by atoms with E-state index >= 15 is 0 Å². The van der Waals surface area contributed by atoms with Crippen LogP contribution in [0, 0.1) is 17.1 Å². The van der Waals surface area contributed by atoms with Crippen LogP contribution in [-0.2, 0) is 6.42 Å². The maximum absolute atomic E-state index is 14.6. The van der Waals surface area contributed by atoms with E-state index in [2.05, 4.69) is 0 Å². The number of carbonyl (C=O) groups is 1. The van der Waals surface area contributed by atoms with Crippen LogP contribution < -0.4 is 4.74 Å². The Morgan fingerprint density at radius 2 is 2.09 bits per heavy atom. The number of benzene rings is 2. The third-order valence-electron chi connectivity index (χ3n) is 3.50. The minimum absolute atomic E-state index is 0.0654. The van der Waals surface area contributed by atoms with Crippen molar-refractivity contribution in [2.45, 2.75) is 19.8 Å². The number of aryl methyl sites for hydroxylation is 1. The van der Waals surface area contributed by atoms with Gasteiger partial charge in [-0.05, 0) is 36.2 Å². The van der Waals surface area contributed by atoms with E-state index < -0.39 is 11.6 Å². The molecule has 2 rings (SSSR count). The van der Waals surface area contributed by atoms with Crippen molar-refractivity contribution < 1.29 is 13.9 Å². The molecule has 0 aliphatic heterocycles. The summed E-state index contributed by atoms with van der Waals surface area (Å²) in [5.74, 6) is -0.861. The van der Waals surface area contributed by atoms with Gasteiger partial charge >= 0.3 is 0 Å². The molecular formula is C18H15ClFNO2. The first-order chi connectivity index (χ1) is 11.0. The number of ether oxygens (including phenoxy) is 1. The largest absolute Gasteiger partial charge is 0.495 e. The first-order valence-corrected chi connectivity index (χ1v) is 7.51. The van der Waals surface area contributed by atoms with Gasteiger partial charge in [0.1, 0.15) is 17.6 Å². The SMILES string of the molecule is CCCc1ccc(Cl)c(C(=O)c2ccc(C#N)c(OC)c2)c1F. The molecule has 0 N–H and O–H groups in total. The van der Waals surface area contributed by atoms with Gasteiger partial charge < -0.3 is 4.74 Å². The summed E-state index contributed by atoms with van der Waals surface area (Å²) in [5, 5.41) is 9.05. The zero-order chi connectivity index (χ0) is 17.0. The molecule has 0 amide bonds. The monoisotopic (exact) mass is 331 g/mol. The summed E-state index contributed by atoms with van der Waals surface area (Å²) >= 11 is 6.03. The van der Waals surface area contributed by atoms with Crippen molar-refractivity contribution in [1.29, 1.82) is 5.26 Å². The summed E-state index contributed by atoms with van der Waals surface area (Å²) < 4.78 is 19.7. The first-order valence-electron chi connectivity index (χ1n) is 7.13. The Kier molecular flexibility index (Phi) is 5.36. The molecule has 0 spiro atoms. The Morgan fingerprint density at radius 1 is 1.35 bits per heavy atom. The normalized spacial score (nSPS) is 10.2. The van der Waals surface area contributed by atoms with Crippen LogP contribution in [0.2, 0.25) is 5.02 Å². The van der Waals surface area contributed by atoms with Gasteiger partial charge in [-0.15, -0.1) is 0 Å². The predicted octanol–water partition coefficient (Wildman–Crippen LogP) is 4.54. The highest BCUT2D eigenvalue weighted by Crippen LogP contribution is 2.28. The molecule has 0 fully saturated rings. The van der Waals surface area contributed by atoms with Gasteiger partial charge in [-0.2, -0.15) is 5.26 Å². The molecule has 0 aliphatic carbocycles. The van der Waals surface area contributed by atoms with E-state index in [1.807, 2.05) is 13.0 Å². The van der Waals surface area contributed by atoms with Gasteiger partial charge in [-0.25, -0.2) is 4.39 Å². The quantitative estimate of drug-likeness (QED) is 0.755.